The minimum absolute atomic E-state index is 0.106. The lowest BCUT2D eigenvalue weighted by atomic mass is 9.53. The average molecular weight is 344 g/mol. The molecule has 0 spiro atoms. The summed E-state index contributed by atoms with van der Waals surface area (Å²) >= 11 is 0. The molecule has 5 nitrogen and oxygen atoms in total. The van der Waals surface area contributed by atoms with Crippen LogP contribution in [0.25, 0.3) is 0 Å². The Morgan fingerprint density at radius 2 is 1.96 bits per heavy atom. The van der Waals surface area contributed by atoms with Crippen LogP contribution in [0, 0.1) is 56.7 Å². The fraction of sp³-hybridized carbons (Fsp3) is 0.429. The monoisotopic (exact) mass is 344 g/mol. The van der Waals surface area contributed by atoms with Gasteiger partial charge < -0.3 is 10.1 Å². The minimum atomic E-state index is -1.66. The molecule has 5 heteroatoms. The Morgan fingerprint density at radius 3 is 2.62 bits per heavy atom. The van der Waals surface area contributed by atoms with Crippen LogP contribution in [0.2, 0.25) is 0 Å². The van der Waals surface area contributed by atoms with Gasteiger partial charge in [-0.05, 0) is 43.7 Å². The number of fused-ring (bicyclic) bond motifs is 1. The van der Waals surface area contributed by atoms with Crippen LogP contribution in [0.1, 0.15) is 37.7 Å². The van der Waals surface area contributed by atoms with Crippen LogP contribution in [0.5, 0.6) is 5.75 Å². The molecule has 1 aromatic carbocycles. The molecule has 1 fully saturated rings. The summed E-state index contributed by atoms with van der Waals surface area (Å²) in [5.74, 6) is -0.773. The molecule has 0 radical (unpaired) electrons. The predicted molar refractivity (Wildman–Crippen MR) is 96.3 cm³/mol. The van der Waals surface area contributed by atoms with Gasteiger partial charge in [-0.1, -0.05) is 24.3 Å². The van der Waals surface area contributed by atoms with Gasteiger partial charge in [-0.3, -0.25) is 0 Å². The quantitative estimate of drug-likeness (QED) is 0.833. The van der Waals surface area contributed by atoms with E-state index in [-0.39, 0.29) is 11.6 Å². The number of nitrogens with zero attached hydrogens (tertiary/aromatic N) is 3. The summed E-state index contributed by atoms with van der Waals surface area (Å²) in [4.78, 5) is 0. The Kier molecular flexibility index (Phi) is 4.79. The third-order valence-electron chi connectivity index (χ3n) is 5.48. The van der Waals surface area contributed by atoms with Gasteiger partial charge >= 0.3 is 0 Å². The number of nitrogens with one attached hydrogen (secondary N) is 1. The fourth-order valence-electron chi connectivity index (χ4n) is 4.38. The highest BCUT2D eigenvalue weighted by Gasteiger charge is 2.57. The largest absolute Gasteiger partial charge is 0.494 e. The first kappa shape index (κ1) is 17.7. The van der Waals surface area contributed by atoms with E-state index in [9.17, 15) is 15.8 Å². The number of allylic oxidation sites excluding steroid dienone is 2. The topological polar surface area (TPSA) is 104 Å². The highest BCUT2D eigenvalue weighted by Crippen LogP contribution is 2.56. The van der Waals surface area contributed by atoms with Gasteiger partial charge in [-0.25, -0.2) is 0 Å². The second kappa shape index (κ2) is 7.03. The van der Waals surface area contributed by atoms with E-state index in [0.717, 1.165) is 30.4 Å². The molecule has 26 heavy (non-hydrogen) atoms. The maximum Gasteiger partial charge on any atom is 0.189 e. The van der Waals surface area contributed by atoms with Crippen molar-refractivity contribution in [3.05, 3.63) is 41.5 Å². The van der Waals surface area contributed by atoms with E-state index in [1.165, 1.54) is 0 Å². The van der Waals surface area contributed by atoms with Gasteiger partial charge in [0.05, 0.1) is 30.5 Å². The van der Waals surface area contributed by atoms with Crippen LogP contribution in [0.4, 0.5) is 0 Å². The van der Waals surface area contributed by atoms with Crippen molar-refractivity contribution in [3.8, 4) is 24.0 Å². The number of hydrogen-bond acceptors (Lipinski definition) is 5. The summed E-state index contributed by atoms with van der Waals surface area (Å²) < 4.78 is 5.77. The first-order valence-electron chi connectivity index (χ1n) is 8.87. The number of nitriles is 3. The summed E-state index contributed by atoms with van der Waals surface area (Å²) in [5, 5.41) is 38.2. The molecule has 1 N–H and O–H groups in total. The molecule has 1 saturated carbocycles. The minimum Gasteiger partial charge on any atom is -0.494 e. The van der Waals surface area contributed by atoms with Gasteiger partial charge in [0.1, 0.15) is 11.7 Å². The van der Waals surface area contributed by atoms with Gasteiger partial charge in [-0.15, -0.1) is 0 Å². The summed E-state index contributed by atoms with van der Waals surface area (Å²) in [6.07, 6.45) is 4.64. The van der Waals surface area contributed by atoms with Crippen LogP contribution in [0.15, 0.2) is 35.9 Å². The molecular weight excluding hydrogens is 324 g/mol. The third-order valence-corrected chi connectivity index (χ3v) is 5.48. The van der Waals surface area contributed by atoms with E-state index in [2.05, 4.69) is 18.2 Å². The predicted octanol–water partition coefficient (Wildman–Crippen LogP) is 4.10. The SMILES string of the molecule is CCOc1ccccc1[C@H]1[C@@H]2CCCC=C2[C@@H](C#N)C(=N)C1(C#N)C#N. The first-order valence-corrected chi connectivity index (χ1v) is 8.87. The molecular formula is C21H20N4O. The lowest BCUT2D eigenvalue weighted by Crippen LogP contribution is -2.48. The molecule has 130 valence electrons. The van der Waals surface area contributed by atoms with Crippen LogP contribution in [-0.4, -0.2) is 12.3 Å². The van der Waals surface area contributed by atoms with Crippen molar-refractivity contribution < 1.29 is 4.74 Å². The molecule has 0 unspecified atom stereocenters. The number of rotatable bonds is 3. The van der Waals surface area contributed by atoms with E-state index < -0.39 is 17.3 Å². The molecule has 0 bridgehead atoms. The number of para-hydroxylation sites is 1. The van der Waals surface area contributed by atoms with Gasteiger partial charge in [0.25, 0.3) is 0 Å². The zero-order valence-electron chi connectivity index (χ0n) is 14.7. The lowest BCUT2D eigenvalue weighted by molar-refractivity contribution is 0.294. The molecule has 2 aliphatic rings. The summed E-state index contributed by atoms with van der Waals surface area (Å²) in [6.45, 7) is 2.36. The summed E-state index contributed by atoms with van der Waals surface area (Å²) in [5.41, 5.74) is -0.101. The van der Waals surface area contributed by atoms with E-state index in [0.29, 0.717) is 12.4 Å². The van der Waals surface area contributed by atoms with Crippen molar-refractivity contribution in [2.45, 2.75) is 32.1 Å². The normalized spacial score (nSPS) is 26.5. The van der Waals surface area contributed by atoms with E-state index >= 15 is 0 Å². The second-order valence-corrected chi connectivity index (χ2v) is 6.70. The molecule has 0 saturated heterocycles. The van der Waals surface area contributed by atoms with Crippen LogP contribution >= 0.6 is 0 Å². The smallest absolute Gasteiger partial charge is 0.189 e. The number of ether oxygens (including phenoxy) is 1. The lowest BCUT2D eigenvalue weighted by Gasteiger charge is -2.46. The van der Waals surface area contributed by atoms with Crippen molar-refractivity contribution in [2.24, 2.45) is 17.3 Å². The van der Waals surface area contributed by atoms with E-state index in [1.54, 1.807) is 0 Å². The van der Waals surface area contributed by atoms with Gasteiger partial charge in [0.2, 0.25) is 0 Å². The summed E-state index contributed by atoms with van der Waals surface area (Å²) in [6, 6.07) is 13.8. The van der Waals surface area contributed by atoms with Crippen LogP contribution in [-0.2, 0) is 0 Å². The summed E-state index contributed by atoms with van der Waals surface area (Å²) in [7, 11) is 0. The molecule has 0 heterocycles. The zero-order valence-corrected chi connectivity index (χ0v) is 14.7. The van der Waals surface area contributed by atoms with Crippen molar-refractivity contribution in [1.29, 1.82) is 21.2 Å². The molecule has 3 atom stereocenters. The van der Waals surface area contributed by atoms with E-state index in [1.807, 2.05) is 37.3 Å². The van der Waals surface area contributed by atoms with Crippen molar-refractivity contribution in [2.75, 3.05) is 6.61 Å². The number of hydrogen-bond donors (Lipinski definition) is 1. The molecule has 0 aromatic heterocycles. The Labute approximate surface area is 153 Å². The van der Waals surface area contributed by atoms with Crippen molar-refractivity contribution in [3.63, 3.8) is 0 Å². The van der Waals surface area contributed by atoms with Gasteiger partial charge in [0, 0.05) is 11.5 Å². The molecule has 0 amide bonds. The van der Waals surface area contributed by atoms with Crippen molar-refractivity contribution >= 4 is 5.71 Å². The Hall–Kier alpha value is -3.10. The van der Waals surface area contributed by atoms with Gasteiger partial charge in [0.15, 0.2) is 5.41 Å². The first-order chi connectivity index (χ1) is 12.6. The molecule has 3 rings (SSSR count). The highest BCUT2D eigenvalue weighted by molar-refractivity contribution is 6.00. The second-order valence-electron chi connectivity index (χ2n) is 6.70. The zero-order chi connectivity index (χ0) is 18.7. The van der Waals surface area contributed by atoms with Crippen LogP contribution < -0.4 is 4.74 Å². The standard InChI is InChI=1S/C21H20N4O/c1-2-26-18-10-6-5-9-16(18)19-15-8-4-3-7-14(15)17(11-22)20(25)21(19,12-23)13-24/h5-7,9-10,15,17,19,25H,2-4,8H2,1H3/t15-,17-,19-/m1/s1. The Morgan fingerprint density at radius 1 is 1.23 bits per heavy atom. The fourth-order valence-corrected chi connectivity index (χ4v) is 4.38. The molecule has 2 aliphatic carbocycles. The maximum atomic E-state index is 9.99. The van der Waals surface area contributed by atoms with Gasteiger partial charge in [-0.2, -0.15) is 15.8 Å². The molecule has 1 aromatic rings. The van der Waals surface area contributed by atoms with Crippen molar-refractivity contribution in [1.82, 2.24) is 0 Å². The Balaban J connectivity index is 2.27. The van der Waals surface area contributed by atoms with Crippen LogP contribution in [0.3, 0.4) is 0 Å². The molecule has 0 aliphatic heterocycles. The maximum absolute atomic E-state index is 9.99. The highest BCUT2D eigenvalue weighted by atomic mass is 16.5. The average Bonchev–Trinajstić information content (AvgIpc) is 2.68. The third kappa shape index (κ3) is 2.47. The Bertz CT molecular complexity index is 866. The number of benzene rings is 1. The van der Waals surface area contributed by atoms with E-state index in [4.69, 9.17) is 10.1 Å².